The molecule has 0 aliphatic carbocycles. The zero-order chi connectivity index (χ0) is 12.1. The Bertz CT molecular complexity index is 202. The molecule has 2 heteroatoms. The number of phenolic OH excluding ortho intramolecular Hbond substituents is 2. The Morgan fingerprint density at radius 1 is 0.933 bits per heavy atom. The summed E-state index contributed by atoms with van der Waals surface area (Å²) in [7, 11) is 0. The smallest absolute Gasteiger partial charge is 0.119 e. The Balaban J connectivity index is 0. The quantitative estimate of drug-likeness (QED) is 0.766. The van der Waals surface area contributed by atoms with Gasteiger partial charge in [0, 0.05) is 6.07 Å². The minimum absolute atomic E-state index is 0.0880. The lowest BCUT2D eigenvalue weighted by molar-refractivity contribution is 0.450. The lowest BCUT2D eigenvalue weighted by Crippen LogP contribution is -1.61. The molecule has 1 aromatic rings. The zero-order valence-corrected chi connectivity index (χ0v) is 10.3. The highest BCUT2D eigenvalue weighted by atomic mass is 16.3. The van der Waals surface area contributed by atoms with Crippen LogP contribution >= 0.6 is 0 Å². The Morgan fingerprint density at radius 2 is 1.33 bits per heavy atom. The van der Waals surface area contributed by atoms with Gasteiger partial charge in [-0.05, 0) is 12.1 Å². The number of aromatic hydroxyl groups is 2. The highest BCUT2D eigenvalue weighted by Gasteiger charge is 1.85. The summed E-state index contributed by atoms with van der Waals surface area (Å²) in [4.78, 5) is 0. The molecule has 1 aromatic carbocycles. The average Bonchev–Trinajstić information content (AvgIpc) is 2.22. The third kappa shape index (κ3) is 12.8. The van der Waals surface area contributed by atoms with Crippen LogP contribution in [0.3, 0.4) is 0 Å². The van der Waals surface area contributed by atoms with Crippen molar-refractivity contribution in [2.24, 2.45) is 0 Å². The first-order valence-electron chi connectivity index (χ1n) is 5.68. The van der Waals surface area contributed by atoms with Crippen molar-refractivity contribution < 1.29 is 10.2 Å². The summed E-state index contributed by atoms with van der Waals surface area (Å²) in [5.41, 5.74) is 0. The molecule has 0 spiro atoms. The fourth-order valence-corrected chi connectivity index (χ4v) is 0.847. The second-order valence-corrected chi connectivity index (χ2v) is 2.87. The molecule has 0 unspecified atom stereocenters. The molecule has 0 saturated heterocycles. The summed E-state index contributed by atoms with van der Waals surface area (Å²) in [6.07, 6.45) is 4.08. The fraction of sp³-hybridized carbons (Fsp3) is 0.538. The molecule has 0 saturated carbocycles. The summed E-state index contributed by atoms with van der Waals surface area (Å²) in [6, 6.07) is 5.85. The van der Waals surface area contributed by atoms with Crippen molar-refractivity contribution in [3.63, 3.8) is 0 Å². The van der Waals surface area contributed by atoms with Gasteiger partial charge < -0.3 is 10.2 Å². The molecule has 2 N–H and O–H groups in total. The molecule has 0 heterocycles. The molecule has 0 atom stereocenters. The van der Waals surface area contributed by atoms with Crippen LogP contribution in [-0.2, 0) is 0 Å². The van der Waals surface area contributed by atoms with Crippen molar-refractivity contribution >= 4 is 0 Å². The summed E-state index contributed by atoms with van der Waals surface area (Å²) in [5.74, 6) is 0.176. The van der Waals surface area contributed by atoms with Crippen molar-refractivity contribution in [2.45, 2.75) is 47.0 Å². The molecule has 0 aliphatic heterocycles. The predicted octanol–water partition coefficient (Wildman–Crippen LogP) is 4.32. The molecule has 88 valence electrons. The summed E-state index contributed by atoms with van der Waals surface area (Å²) < 4.78 is 0. The Morgan fingerprint density at radius 3 is 1.47 bits per heavy atom. The SMILES string of the molecule is CC.CCCCC.Oc1cccc(O)c1. The van der Waals surface area contributed by atoms with Crippen molar-refractivity contribution in [1.82, 2.24) is 0 Å². The van der Waals surface area contributed by atoms with Gasteiger partial charge in [-0.25, -0.2) is 0 Å². The van der Waals surface area contributed by atoms with Gasteiger partial charge >= 0.3 is 0 Å². The molecule has 0 bridgehead atoms. The van der Waals surface area contributed by atoms with Crippen LogP contribution < -0.4 is 0 Å². The summed E-state index contributed by atoms with van der Waals surface area (Å²) in [6.45, 7) is 8.42. The minimum atomic E-state index is 0.0880. The van der Waals surface area contributed by atoms with E-state index in [-0.39, 0.29) is 11.5 Å². The third-order valence-corrected chi connectivity index (χ3v) is 1.54. The van der Waals surface area contributed by atoms with Crippen LogP contribution in [0.4, 0.5) is 0 Å². The topological polar surface area (TPSA) is 40.5 Å². The first-order valence-corrected chi connectivity index (χ1v) is 5.68. The van der Waals surface area contributed by atoms with E-state index in [2.05, 4.69) is 13.8 Å². The lowest BCUT2D eigenvalue weighted by atomic mass is 10.3. The summed E-state index contributed by atoms with van der Waals surface area (Å²) in [5, 5.41) is 17.3. The maximum Gasteiger partial charge on any atom is 0.119 e. The van der Waals surface area contributed by atoms with E-state index in [0.717, 1.165) is 0 Å². The van der Waals surface area contributed by atoms with Crippen LogP contribution in [0.25, 0.3) is 0 Å². The molecule has 0 fully saturated rings. The standard InChI is InChI=1S/C6H6O2.C5H12.C2H6/c7-5-2-1-3-6(8)4-5;1-3-5-4-2;1-2/h1-4,7-8H;3-5H2,1-2H3;1-2H3. The van der Waals surface area contributed by atoms with Crippen LogP contribution in [0.2, 0.25) is 0 Å². The average molecular weight is 212 g/mol. The van der Waals surface area contributed by atoms with Gasteiger partial charge in [0.1, 0.15) is 11.5 Å². The van der Waals surface area contributed by atoms with E-state index in [0.29, 0.717) is 0 Å². The van der Waals surface area contributed by atoms with Gasteiger partial charge in [0.2, 0.25) is 0 Å². The van der Waals surface area contributed by atoms with Crippen LogP contribution in [0.1, 0.15) is 47.0 Å². The lowest BCUT2D eigenvalue weighted by Gasteiger charge is -1.89. The maximum atomic E-state index is 8.65. The van der Waals surface area contributed by atoms with Gasteiger partial charge in [-0.3, -0.25) is 0 Å². The molecule has 0 amide bonds. The van der Waals surface area contributed by atoms with Crippen molar-refractivity contribution in [2.75, 3.05) is 0 Å². The largest absolute Gasteiger partial charge is 0.508 e. The normalized spacial score (nSPS) is 8.00. The number of phenols is 2. The molecular weight excluding hydrogens is 188 g/mol. The number of hydrogen-bond donors (Lipinski definition) is 2. The van der Waals surface area contributed by atoms with E-state index in [1.165, 1.54) is 37.5 Å². The first kappa shape index (κ1) is 16.3. The number of benzene rings is 1. The van der Waals surface area contributed by atoms with E-state index in [1.807, 2.05) is 13.8 Å². The Labute approximate surface area is 93.6 Å². The second-order valence-electron chi connectivity index (χ2n) is 2.87. The minimum Gasteiger partial charge on any atom is -0.508 e. The molecule has 1 rings (SSSR count). The fourth-order valence-electron chi connectivity index (χ4n) is 0.847. The number of hydrogen-bond acceptors (Lipinski definition) is 2. The van der Waals surface area contributed by atoms with Crippen LogP contribution in [0, 0.1) is 0 Å². The molecule has 0 aromatic heterocycles. The van der Waals surface area contributed by atoms with Gasteiger partial charge in [-0.1, -0.05) is 53.0 Å². The molecule has 0 radical (unpaired) electrons. The van der Waals surface area contributed by atoms with E-state index in [9.17, 15) is 0 Å². The first-order chi connectivity index (χ1) is 7.20. The van der Waals surface area contributed by atoms with Crippen molar-refractivity contribution in [3.8, 4) is 11.5 Å². The van der Waals surface area contributed by atoms with Crippen LogP contribution in [-0.4, -0.2) is 10.2 Å². The highest BCUT2D eigenvalue weighted by molar-refractivity contribution is 5.30. The third-order valence-electron chi connectivity index (χ3n) is 1.54. The number of unbranched alkanes of at least 4 members (excludes halogenated alkanes) is 2. The van der Waals surface area contributed by atoms with Crippen LogP contribution in [0.5, 0.6) is 11.5 Å². The van der Waals surface area contributed by atoms with E-state index < -0.39 is 0 Å². The predicted molar refractivity (Wildman–Crippen MR) is 66.3 cm³/mol. The van der Waals surface area contributed by atoms with Gasteiger partial charge in [0.05, 0.1) is 0 Å². The Hall–Kier alpha value is -1.18. The molecule has 0 aliphatic rings. The Kier molecular flexibility index (Phi) is 13.9. The van der Waals surface area contributed by atoms with Crippen molar-refractivity contribution in [1.29, 1.82) is 0 Å². The molecule has 2 nitrogen and oxygen atoms in total. The van der Waals surface area contributed by atoms with E-state index in [4.69, 9.17) is 10.2 Å². The van der Waals surface area contributed by atoms with E-state index >= 15 is 0 Å². The molecular formula is C13H24O2. The van der Waals surface area contributed by atoms with Crippen LogP contribution in [0.15, 0.2) is 24.3 Å². The second kappa shape index (κ2) is 12.8. The van der Waals surface area contributed by atoms with E-state index in [1.54, 1.807) is 6.07 Å². The zero-order valence-electron chi connectivity index (χ0n) is 10.3. The van der Waals surface area contributed by atoms with Crippen molar-refractivity contribution in [3.05, 3.63) is 24.3 Å². The maximum absolute atomic E-state index is 8.65. The van der Waals surface area contributed by atoms with Gasteiger partial charge in [0.15, 0.2) is 0 Å². The van der Waals surface area contributed by atoms with Gasteiger partial charge in [-0.15, -0.1) is 0 Å². The monoisotopic (exact) mass is 212 g/mol. The summed E-state index contributed by atoms with van der Waals surface area (Å²) >= 11 is 0. The van der Waals surface area contributed by atoms with Gasteiger partial charge in [-0.2, -0.15) is 0 Å². The van der Waals surface area contributed by atoms with Gasteiger partial charge in [0.25, 0.3) is 0 Å². The highest BCUT2D eigenvalue weighted by Crippen LogP contribution is 2.14. The molecule has 15 heavy (non-hydrogen) atoms. The number of rotatable bonds is 2.